The molecular weight excluding hydrogens is 386 g/mol. The Kier molecular flexibility index (Phi) is 5.50. The van der Waals surface area contributed by atoms with Crippen LogP contribution >= 0.6 is 0 Å². The summed E-state index contributed by atoms with van der Waals surface area (Å²) in [7, 11) is -4.06. The second-order valence-corrected chi connectivity index (χ2v) is 7.87. The molecule has 148 valence electrons. The Balaban J connectivity index is 1.83. The molecule has 0 radical (unpaired) electrons. The van der Waals surface area contributed by atoms with Crippen molar-refractivity contribution in [1.82, 2.24) is 4.83 Å². The molecule has 10 heteroatoms. The third-order valence-corrected chi connectivity index (χ3v) is 5.39. The van der Waals surface area contributed by atoms with E-state index in [1.54, 1.807) is 25.1 Å². The summed E-state index contributed by atoms with van der Waals surface area (Å²) in [6.07, 6.45) is 0.777. The predicted octanol–water partition coefficient (Wildman–Crippen LogP) is 2.77. The van der Waals surface area contributed by atoms with Crippen molar-refractivity contribution in [3.8, 4) is 11.5 Å². The minimum atomic E-state index is -4.06. The van der Waals surface area contributed by atoms with E-state index < -0.39 is 14.9 Å². The number of benzene rings is 2. The van der Waals surface area contributed by atoms with Crippen molar-refractivity contribution >= 4 is 21.4 Å². The quantitative estimate of drug-likeness (QED) is 0.464. The Hall–Kier alpha value is -3.14. The van der Waals surface area contributed by atoms with Crippen LogP contribution < -0.4 is 14.3 Å². The smallest absolute Gasteiger partial charge is 0.276 e. The molecule has 0 fully saturated rings. The highest BCUT2D eigenvalue weighted by molar-refractivity contribution is 7.89. The van der Waals surface area contributed by atoms with Crippen molar-refractivity contribution in [2.24, 2.45) is 5.10 Å². The Morgan fingerprint density at radius 3 is 2.57 bits per heavy atom. The fourth-order valence-electron chi connectivity index (χ4n) is 2.59. The maximum atomic E-state index is 12.4. The summed E-state index contributed by atoms with van der Waals surface area (Å²) in [6, 6.07) is 8.90. The van der Waals surface area contributed by atoms with Gasteiger partial charge in [0.05, 0.1) is 28.7 Å². The van der Waals surface area contributed by atoms with Gasteiger partial charge in [0.2, 0.25) is 0 Å². The SMILES string of the molecule is C/C(=N/NS(=O)(=O)c1ccc(C)c([N+](=O)[O-])c1)c1ccc2c(c1)OCCCO2. The first-order valence-electron chi connectivity index (χ1n) is 8.49. The Morgan fingerprint density at radius 2 is 1.86 bits per heavy atom. The second-order valence-electron chi connectivity index (χ2n) is 6.21. The number of nitrogens with zero attached hydrogens (tertiary/aromatic N) is 2. The summed E-state index contributed by atoms with van der Waals surface area (Å²) in [6.45, 7) is 4.28. The molecule has 0 aliphatic carbocycles. The maximum absolute atomic E-state index is 12.4. The van der Waals surface area contributed by atoms with Crippen LogP contribution in [0.2, 0.25) is 0 Å². The number of hydrogen-bond donors (Lipinski definition) is 1. The van der Waals surface area contributed by atoms with Crippen LogP contribution in [-0.2, 0) is 10.0 Å². The van der Waals surface area contributed by atoms with Gasteiger partial charge in [-0.2, -0.15) is 18.4 Å². The number of rotatable bonds is 5. The van der Waals surface area contributed by atoms with Crippen molar-refractivity contribution in [2.45, 2.75) is 25.2 Å². The molecule has 1 N–H and O–H groups in total. The van der Waals surface area contributed by atoms with Crippen LogP contribution in [-0.4, -0.2) is 32.3 Å². The van der Waals surface area contributed by atoms with Crippen molar-refractivity contribution < 1.29 is 22.8 Å². The van der Waals surface area contributed by atoms with Gasteiger partial charge < -0.3 is 9.47 Å². The molecule has 0 unspecified atom stereocenters. The van der Waals surface area contributed by atoms with Crippen molar-refractivity contribution in [3.63, 3.8) is 0 Å². The predicted molar refractivity (Wildman–Crippen MR) is 102 cm³/mol. The maximum Gasteiger partial charge on any atom is 0.276 e. The van der Waals surface area contributed by atoms with Crippen LogP contribution in [0.5, 0.6) is 11.5 Å². The number of fused-ring (bicyclic) bond motifs is 1. The molecular formula is C18H19N3O6S. The van der Waals surface area contributed by atoms with E-state index in [2.05, 4.69) is 9.93 Å². The molecule has 0 aromatic heterocycles. The minimum absolute atomic E-state index is 0.236. The summed E-state index contributed by atoms with van der Waals surface area (Å²) >= 11 is 0. The molecule has 9 nitrogen and oxygen atoms in total. The number of ether oxygens (including phenoxy) is 2. The summed E-state index contributed by atoms with van der Waals surface area (Å²) in [4.78, 5) is 12.3. The topological polar surface area (TPSA) is 120 Å². The first kappa shape index (κ1) is 19.6. The van der Waals surface area contributed by atoms with Gasteiger partial charge in [-0.15, -0.1) is 0 Å². The van der Waals surface area contributed by atoms with Gasteiger partial charge in [0.1, 0.15) is 0 Å². The van der Waals surface area contributed by atoms with Crippen LogP contribution in [0.25, 0.3) is 0 Å². The van der Waals surface area contributed by atoms with E-state index in [4.69, 9.17) is 9.47 Å². The van der Waals surface area contributed by atoms with E-state index in [9.17, 15) is 18.5 Å². The molecule has 1 aliphatic rings. The summed E-state index contributed by atoms with van der Waals surface area (Å²) in [5.41, 5.74) is 1.16. The second kappa shape index (κ2) is 7.85. The van der Waals surface area contributed by atoms with Crippen LogP contribution in [0, 0.1) is 17.0 Å². The van der Waals surface area contributed by atoms with Gasteiger partial charge in [-0.05, 0) is 38.1 Å². The lowest BCUT2D eigenvalue weighted by Gasteiger charge is -2.10. The highest BCUT2D eigenvalue weighted by Crippen LogP contribution is 2.30. The molecule has 0 saturated heterocycles. The van der Waals surface area contributed by atoms with Gasteiger partial charge in [-0.25, -0.2) is 0 Å². The van der Waals surface area contributed by atoms with Crippen molar-refractivity contribution in [3.05, 3.63) is 57.6 Å². The number of nitro benzene ring substituents is 1. The van der Waals surface area contributed by atoms with Gasteiger partial charge in [0.25, 0.3) is 15.7 Å². The highest BCUT2D eigenvalue weighted by atomic mass is 32.2. The number of nitrogens with one attached hydrogen (secondary N) is 1. The average molecular weight is 405 g/mol. The minimum Gasteiger partial charge on any atom is -0.490 e. The zero-order valence-corrected chi connectivity index (χ0v) is 16.2. The lowest BCUT2D eigenvalue weighted by molar-refractivity contribution is -0.385. The van der Waals surface area contributed by atoms with Crippen LogP contribution in [0.15, 0.2) is 46.4 Å². The molecule has 0 saturated carbocycles. The molecule has 0 atom stereocenters. The van der Waals surface area contributed by atoms with E-state index in [1.165, 1.54) is 19.1 Å². The van der Waals surface area contributed by atoms with E-state index in [-0.39, 0.29) is 10.6 Å². The van der Waals surface area contributed by atoms with Gasteiger partial charge in [-0.1, -0.05) is 6.07 Å². The van der Waals surface area contributed by atoms with Crippen molar-refractivity contribution in [1.29, 1.82) is 0 Å². The van der Waals surface area contributed by atoms with E-state index in [0.717, 1.165) is 12.5 Å². The van der Waals surface area contributed by atoms with Crippen LogP contribution in [0.1, 0.15) is 24.5 Å². The Bertz CT molecular complexity index is 1050. The molecule has 28 heavy (non-hydrogen) atoms. The molecule has 0 bridgehead atoms. The molecule has 1 heterocycles. The van der Waals surface area contributed by atoms with E-state index >= 15 is 0 Å². The fraction of sp³-hybridized carbons (Fsp3) is 0.278. The lowest BCUT2D eigenvalue weighted by Crippen LogP contribution is -2.20. The summed E-state index contributed by atoms with van der Waals surface area (Å²) in [5, 5.41) is 15.0. The van der Waals surface area contributed by atoms with E-state index in [1.807, 2.05) is 0 Å². The van der Waals surface area contributed by atoms with Crippen LogP contribution in [0.4, 0.5) is 5.69 Å². The lowest BCUT2D eigenvalue weighted by atomic mass is 10.1. The zero-order valence-electron chi connectivity index (χ0n) is 15.3. The third kappa shape index (κ3) is 4.22. The van der Waals surface area contributed by atoms with Crippen molar-refractivity contribution in [2.75, 3.05) is 13.2 Å². The van der Waals surface area contributed by atoms with Crippen LogP contribution in [0.3, 0.4) is 0 Å². The fourth-order valence-corrected chi connectivity index (χ4v) is 3.46. The first-order valence-corrected chi connectivity index (χ1v) is 9.97. The third-order valence-electron chi connectivity index (χ3n) is 4.19. The summed E-state index contributed by atoms with van der Waals surface area (Å²) in [5.74, 6) is 1.20. The zero-order chi connectivity index (χ0) is 20.3. The number of sulfonamides is 1. The van der Waals surface area contributed by atoms with E-state index in [0.29, 0.717) is 41.6 Å². The molecule has 2 aromatic carbocycles. The number of hydrazone groups is 1. The normalized spacial score (nSPS) is 14.3. The highest BCUT2D eigenvalue weighted by Gasteiger charge is 2.19. The van der Waals surface area contributed by atoms with Gasteiger partial charge >= 0.3 is 0 Å². The molecule has 2 aromatic rings. The average Bonchev–Trinajstić information content (AvgIpc) is 2.90. The van der Waals surface area contributed by atoms with Gasteiger partial charge in [0, 0.05) is 23.6 Å². The molecule has 0 spiro atoms. The standard InChI is InChI=1S/C18H19N3O6S/c1-12-4-6-15(11-16(12)21(22)23)28(24,25)20-19-13(2)14-5-7-17-18(10-14)27-9-3-8-26-17/h4-7,10-11,20H,3,8-9H2,1-2H3/b19-13-. The first-order chi connectivity index (χ1) is 13.3. The summed E-state index contributed by atoms with van der Waals surface area (Å²) < 4.78 is 36.1. The largest absolute Gasteiger partial charge is 0.490 e. The molecule has 3 rings (SSSR count). The Labute approximate surface area is 162 Å². The number of aryl methyl sites for hydroxylation is 1. The number of nitro groups is 1. The number of hydrogen-bond acceptors (Lipinski definition) is 7. The van der Waals surface area contributed by atoms with Gasteiger partial charge in [-0.3, -0.25) is 10.1 Å². The monoisotopic (exact) mass is 405 g/mol. The molecule has 0 amide bonds. The molecule has 1 aliphatic heterocycles. The Morgan fingerprint density at radius 1 is 1.14 bits per heavy atom. The van der Waals surface area contributed by atoms with Gasteiger partial charge in [0.15, 0.2) is 11.5 Å².